The van der Waals surface area contributed by atoms with Gasteiger partial charge in [-0.1, -0.05) is 55.5 Å². The maximum absolute atomic E-state index is 13.3. The van der Waals surface area contributed by atoms with E-state index in [0.29, 0.717) is 11.3 Å². The number of nitrogens with zero attached hydrogens (tertiary/aromatic N) is 1. The van der Waals surface area contributed by atoms with Crippen molar-refractivity contribution in [2.45, 2.75) is 56.4 Å². The van der Waals surface area contributed by atoms with Gasteiger partial charge in [0.15, 0.2) is 0 Å². The molecule has 1 heterocycles. The molecule has 2 aromatic rings. The Labute approximate surface area is 166 Å². The topological polar surface area (TPSA) is 66.5 Å². The quantitative estimate of drug-likeness (QED) is 0.795. The molecule has 0 saturated heterocycles. The lowest BCUT2D eigenvalue weighted by atomic mass is 10.0. The fourth-order valence-electron chi connectivity index (χ4n) is 4.24. The van der Waals surface area contributed by atoms with Crippen LogP contribution in [0.3, 0.4) is 0 Å². The largest absolute Gasteiger partial charge is 0.352 e. The highest BCUT2D eigenvalue weighted by atomic mass is 32.2. The summed E-state index contributed by atoms with van der Waals surface area (Å²) >= 11 is 0. The number of aryl methyl sites for hydroxylation is 1. The van der Waals surface area contributed by atoms with Crippen molar-refractivity contribution in [1.29, 1.82) is 0 Å². The molecule has 1 fully saturated rings. The van der Waals surface area contributed by atoms with Crippen LogP contribution in [-0.2, 0) is 14.8 Å². The number of amides is 1. The number of benzene rings is 2. The number of carbonyl (C=O) groups excluding carboxylic acids is 1. The molecule has 1 saturated carbocycles. The normalized spacial score (nSPS) is 18.7. The molecule has 6 heteroatoms. The average molecular weight is 399 g/mol. The van der Waals surface area contributed by atoms with Crippen LogP contribution in [0.2, 0.25) is 0 Å². The van der Waals surface area contributed by atoms with Gasteiger partial charge in [-0.05, 0) is 38.0 Å². The number of sulfonamides is 1. The Kier molecular flexibility index (Phi) is 5.15. The summed E-state index contributed by atoms with van der Waals surface area (Å²) in [6, 6.07) is 12.8. The van der Waals surface area contributed by atoms with Crippen molar-refractivity contribution in [2.24, 2.45) is 0 Å². The smallest absolute Gasteiger partial charge is 0.265 e. The highest BCUT2D eigenvalue weighted by Crippen LogP contribution is 2.43. The molecular weight excluding hydrogens is 372 g/mol. The third-order valence-electron chi connectivity index (χ3n) is 5.67. The summed E-state index contributed by atoms with van der Waals surface area (Å²) in [4.78, 5) is 13.0. The monoisotopic (exact) mass is 398 g/mol. The molecule has 5 nitrogen and oxygen atoms in total. The first-order valence-corrected chi connectivity index (χ1v) is 11.4. The zero-order valence-corrected chi connectivity index (χ0v) is 17.0. The minimum atomic E-state index is -3.78. The van der Waals surface area contributed by atoms with Gasteiger partial charge in [0.05, 0.1) is 10.6 Å². The summed E-state index contributed by atoms with van der Waals surface area (Å²) < 4.78 is 27.8. The molecule has 0 bridgehead atoms. The number of carbonyl (C=O) groups is 1. The van der Waals surface area contributed by atoms with Crippen LogP contribution in [0.15, 0.2) is 47.4 Å². The van der Waals surface area contributed by atoms with E-state index < -0.39 is 10.0 Å². The molecule has 28 heavy (non-hydrogen) atoms. The van der Waals surface area contributed by atoms with Crippen molar-refractivity contribution in [1.82, 2.24) is 5.32 Å². The average Bonchev–Trinajstić information content (AvgIpc) is 2.94. The Morgan fingerprint density at radius 1 is 1.04 bits per heavy atom. The van der Waals surface area contributed by atoms with Gasteiger partial charge in [-0.25, -0.2) is 8.42 Å². The number of hydrogen-bond donors (Lipinski definition) is 1. The van der Waals surface area contributed by atoms with Crippen LogP contribution in [0.4, 0.5) is 5.69 Å². The molecule has 148 valence electrons. The van der Waals surface area contributed by atoms with Gasteiger partial charge >= 0.3 is 0 Å². The predicted octanol–water partition coefficient (Wildman–Crippen LogP) is 4.01. The molecule has 0 aromatic heterocycles. The summed E-state index contributed by atoms with van der Waals surface area (Å²) in [5, 5.41) is 3.07. The first kappa shape index (κ1) is 19.0. The summed E-state index contributed by atoms with van der Waals surface area (Å²) in [5.41, 5.74) is 3.17. The van der Waals surface area contributed by atoms with Gasteiger partial charge in [-0.3, -0.25) is 9.10 Å². The van der Waals surface area contributed by atoms with Crippen LogP contribution in [0, 0.1) is 6.92 Å². The van der Waals surface area contributed by atoms with Crippen molar-refractivity contribution < 1.29 is 13.2 Å². The van der Waals surface area contributed by atoms with Crippen molar-refractivity contribution in [3.63, 3.8) is 0 Å². The highest BCUT2D eigenvalue weighted by Gasteiger charge is 2.36. The fourth-order valence-corrected chi connectivity index (χ4v) is 5.89. The summed E-state index contributed by atoms with van der Waals surface area (Å²) in [6.07, 6.45) is 6.58. The van der Waals surface area contributed by atoms with Gasteiger partial charge in [-0.2, -0.15) is 0 Å². The lowest BCUT2D eigenvalue weighted by molar-refractivity contribution is -0.120. The molecule has 0 atom stereocenters. The van der Waals surface area contributed by atoms with E-state index in [2.05, 4.69) is 5.32 Å². The third kappa shape index (κ3) is 3.53. The molecule has 1 amide bonds. The zero-order valence-electron chi connectivity index (χ0n) is 16.1. The molecule has 0 spiro atoms. The first-order chi connectivity index (χ1) is 13.5. The van der Waals surface area contributed by atoms with Crippen LogP contribution in [0.1, 0.15) is 44.1 Å². The minimum Gasteiger partial charge on any atom is -0.352 e. The molecule has 0 radical (unpaired) electrons. The predicted molar refractivity (Wildman–Crippen MR) is 111 cm³/mol. The zero-order chi connectivity index (χ0) is 19.7. The summed E-state index contributed by atoms with van der Waals surface area (Å²) in [6.45, 7) is 1.79. The van der Waals surface area contributed by atoms with Gasteiger partial charge in [0.1, 0.15) is 6.54 Å². The van der Waals surface area contributed by atoms with Crippen molar-refractivity contribution >= 4 is 21.6 Å². The van der Waals surface area contributed by atoms with Gasteiger partial charge in [0.25, 0.3) is 10.0 Å². The number of fused-ring (bicyclic) bond motifs is 3. The van der Waals surface area contributed by atoms with E-state index in [1.165, 1.54) is 17.1 Å². The van der Waals surface area contributed by atoms with E-state index >= 15 is 0 Å². The van der Waals surface area contributed by atoms with E-state index in [-0.39, 0.29) is 23.4 Å². The van der Waals surface area contributed by atoms with Crippen LogP contribution in [0.25, 0.3) is 11.1 Å². The van der Waals surface area contributed by atoms with Crippen molar-refractivity contribution in [3.8, 4) is 11.1 Å². The fraction of sp³-hybridized carbons (Fsp3) is 0.409. The molecule has 1 N–H and O–H groups in total. The molecular formula is C22H26N2O3S. The molecule has 1 aliphatic carbocycles. The van der Waals surface area contributed by atoms with Crippen molar-refractivity contribution in [2.75, 3.05) is 10.8 Å². The Morgan fingerprint density at radius 3 is 2.50 bits per heavy atom. The summed E-state index contributed by atoms with van der Waals surface area (Å²) in [7, 11) is -3.78. The number of anilines is 1. The standard InChI is InChI=1S/C22H26N2O3S/c1-16-12-13-20-19(14-16)18-10-6-7-11-21(18)28(26,27)24(20)15-22(25)23-17-8-4-2-3-5-9-17/h6-7,10-14,17H,2-5,8-9,15H2,1H3,(H,23,25). The maximum atomic E-state index is 13.3. The summed E-state index contributed by atoms with van der Waals surface area (Å²) in [5.74, 6) is -0.235. The Bertz CT molecular complexity index is 993. The Morgan fingerprint density at radius 2 is 1.75 bits per heavy atom. The van der Waals surface area contributed by atoms with E-state index in [1.54, 1.807) is 18.2 Å². The number of nitrogens with one attached hydrogen (secondary N) is 1. The van der Waals surface area contributed by atoms with Gasteiger partial charge in [0.2, 0.25) is 5.91 Å². The first-order valence-electron chi connectivity index (χ1n) is 9.99. The lowest BCUT2D eigenvalue weighted by Crippen LogP contribution is -2.45. The Balaban J connectivity index is 1.66. The van der Waals surface area contributed by atoms with Crippen LogP contribution >= 0.6 is 0 Å². The SMILES string of the molecule is Cc1ccc2c(c1)-c1ccccc1S(=O)(=O)N2CC(=O)NC1CCCCCC1. The molecule has 2 aliphatic rings. The van der Waals surface area contributed by atoms with Crippen LogP contribution in [0.5, 0.6) is 0 Å². The molecule has 2 aromatic carbocycles. The van der Waals surface area contributed by atoms with Gasteiger partial charge in [0, 0.05) is 17.2 Å². The van der Waals surface area contributed by atoms with E-state index in [1.807, 2.05) is 31.2 Å². The second-order valence-corrected chi connectivity index (χ2v) is 9.62. The third-order valence-corrected chi connectivity index (χ3v) is 7.49. The van der Waals surface area contributed by atoms with Crippen LogP contribution in [-0.4, -0.2) is 26.9 Å². The van der Waals surface area contributed by atoms with Gasteiger partial charge < -0.3 is 5.32 Å². The van der Waals surface area contributed by atoms with Gasteiger partial charge in [-0.15, -0.1) is 0 Å². The maximum Gasteiger partial charge on any atom is 0.265 e. The minimum absolute atomic E-state index is 0.146. The second-order valence-electron chi connectivity index (χ2n) is 7.78. The highest BCUT2D eigenvalue weighted by molar-refractivity contribution is 7.93. The second kappa shape index (κ2) is 7.59. The molecule has 1 aliphatic heterocycles. The van der Waals surface area contributed by atoms with E-state index in [0.717, 1.165) is 36.8 Å². The molecule has 4 rings (SSSR count). The van der Waals surface area contributed by atoms with E-state index in [4.69, 9.17) is 0 Å². The van der Waals surface area contributed by atoms with Crippen molar-refractivity contribution in [3.05, 3.63) is 48.0 Å². The molecule has 0 unspecified atom stereocenters. The number of hydrogen-bond acceptors (Lipinski definition) is 3. The lowest BCUT2D eigenvalue weighted by Gasteiger charge is -2.32. The number of rotatable bonds is 3. The van der Waals surface area contributed by atoms with E-state index in [9.17, 15) is 13.2 Å². The Hall–Kier alpha value is -2.34. The van der Waals surface area contributed by atoms with Crippen LogP contribution < -0.4 is 9.62 Å².